The van der Waals surface area contributed by atoms with Crippen molar-refractivity contribution in [2.75, 3.05) is 25.3 Å². The zero-order valence-corrected chi connectivity index (χ0v) is 23.8. The van der Waals surface area contributed by atoms with Crippen LogP contribution in [-0.2, 0) is 14.3 Å². The molecule has 200 valence electrons. The van der Waals surface area contributed by atoms with Crippen LogP contribution in [0, 0.1) is 0 Å². The molecule has 0 N–H and O–H groups in total. The summed E-state index contributed by atoms with van der Waals surface area (Å²) in [5.74, 6) is 0.314. The highest BCUT2D eigenvalue weighted by atomic mass is 79.9. The van der Waals surface area contributed by atoms with Gasteiger partial charge in [0.25, 0.3) is 11.5 Å². The lowest BCUT2D eigenvalue weighted by atomic mass is 9.94. The molecule has 0 bridgehead atoms. The normalized spacial score (nSPS) is 18.7. The molecule has 2 aromatic carbocycles. The van der Waals surface area contributed by atoms with E-state index in [4.69, 9.17) is 19.2 Å². The Morgan fingerprint density at radius 1 is 1.15 bits per heavy atom. The van der Waals surface area contributed by atoms with Crippen molar-refractivity contribution in [3.8, 4) is 11.5 Å². The number of halogens is 1. The molecule has 0 saturated carbocycles. The molecule has 0 unspecified atom stereocenters. The molecule has 0 aliphatic carbocycles. The second-order valence-electron chi connectivity index (χ2n) is 9.25. The summed E-state index contributed by atoms with van der Waals surface area (Å²) in [7, 11) is 1.69. The number of thiazole rings is 1. The summed E-state index contributed by atoms with van der Waals surface area (Å²) in [6.45, 7) is 4.01. The van der Waals surface area contributed by atoms with Crippen LogP contribution in [0.15, 0.2) is 61.9 Å². The highest BCUT2D eigenvalue weighted by Gasteiger charge is 2.37. The fraction of sp³-hybridized carbons (Fsp3) is 0.286. The molecular weight excluding hydrogens is 586 g/mol. The van der Waals surface area contributed by atoms with Gasteiger partial charge in [-0.2, -0.15) is 0 Å². The third kappa shape index (κ3) is 4.02. The first-order chi connectivity index (χ1) is 18.8. The topological polar surface area (TPSA) is 99.4 Å². The molecule has 9 nitrogen and oxygen atoms in total. The molecule has 0 spiro atoms. The monoisotopic (exact) mass is 609 g/mol. The van der Waals surface area contributed by atoms with Gasteiger partial charge < -0.3 is 19.1 Å². The predicted molar refractivity (Wildman–Crippen MR) is 149 cm³/mol. The standard InChI is InChI=1S/C28H24BrN3O6S/c1-4-6-17-22(27(35)36-5-2)23(14-7-10-19-20(11-14)38-13-37-19)32-26(34)24(39-28(32)30-17)21-16-12-15(29)8-9-18(16)31(3)25(21)33/h7-12,23H,4-6,13H2,1-3H3/b24-21-/t23-/m0/s1. The maximum atomic E-state index is 14.2. The summed E-state index contributed by atoms with van der Waals surface area (Å²) in [6, 6.07) is 10.1. The van der Waals surface area contributed by atoms with Gasteiger partial charge in [-0.15, -0.1) is 0 Å². The molecule has 0 saturated heterocycles. The number of ether oxygens (including phenoxy) is 3. The Morgan fingerprint density at radius 2 is 1.95 bits per heavy atom. The highest BCUT2D eigenvalue weighted by Crippen LogP contribution is 2.39. The van der Waals surface area contributed by atoms with Crippen molar-refractivity contribution in [2.24, 2.45) is 4.99 Å². The van der Waals surface area contributed by atoms with E-state index in [9.17, 15) is 14.4 Å². The molecule has 0 fully saturated rings. The van der Waals surface area contributed by atoms with E-state index < -0.39 is 17.6 Å². The predicted octanol–water partition coefficient (Wildman–Crippen LogP) is 3.42. The van der Waals surface area contributed by atoms with Crippen LogP contribution in [0.3, 0.4) is 0 Å². The summed E-state index contributed by atoms with van der Waals surface area (Å²) >= 11 is 4.64. The summed E-state index contributed by atoms with van der Waals surface area (Å²) in [5.41, 5.74) is 2.83. The lowest BCUT2D eigenvalue weighted by Crippen LogP contribution is -2.41. The van der Waals surface area contributed by atoms with Crippen molar-refractivity contribution in [2.45, 2.75) is 32.7 Å². The second-order valence-corrected chi connectivity index (χ2v) is 11.1. The quantitative estimate of drug-likeness (QED) is 0.411. The van der Waals surface area contributed by atoms with Crippen molar-refractivity contribution < 1.29 is 23.8 Å². The number of hydrogen-bond acceptors (Lipinski definition) is 8. The van der Waals surface area contributed by atoms with Gasteiger partial charge in [0, 0.05) is 17.1 Å². The fourth-order valence-electron chi connectivity index (χ4n) is 5.18. The van der Waals surface area contributed by atoms with Gasteiger partial charge in [-0.25, -0.2) is 9.79 Å². The van der Waals surface area contributed by atoms with Gasteiger partial charge in [0.15, 0.2) is 16.3 Å². The average molecular weight is 610 g/mol. The van der Waals surface area contributed by atoms with Crippen molar-refractivity contribution in [3.05, 3.63) is 83.0 Å². The van der Waals surface area contributed by atoms with Crippen molar-refractivity contribution in [1.82, 2.24) is 4.57 Å². The number of amides is 1. The Hall–Kier alpha value is -3.70. The van der Waals surface area contributed by atoms with Gasteiger partial charge in [-0.1, -0.05) is 46.7 Å². The lowest BCUT2D eigenvalue weighted by molar-refractivity contribution is -0.139. The van der Waals surface area contributed by atoms with Crippen molar-refractivity contribution in [3.63, 3.8) is 0 Å². The first kappa shape index (κ1) is 25.6. The number of allylic oxidation sites excluding steroid dienone is 1. The zero-order valence-electron chi connectivity index (χ0n) is 21.4. The van der Waals surface area contributed by atoms with E-state index in [0.717, 1.165) is 27.9 Å². The van der Waals surface area contributed by atoms with E-state index in [1.807, 2.05) is 31.2 Å². The van der Waals surface area contributed by atoms with E-state index in [-0.39, 0.29) is 23.8 Å². The lowest BCUT2D eigenvalue weighted by Gasteiger charge is -2.25. The van der Waals surface area contributed by atoms with Gasteiger partial charge in [0.1, 0.15) is 4.53 Å². The van der Waals surface area contributed by atoms with Crippen LogP contribution in [0.2, 0.25) is 0 Å². The van der Waals surface area contributed by atoms with Gasteiger partial charge in [-0.3, -0.25) is 14.2 Å². The first-order valence-electron chi connectivity index (χ1n) is 12.6. The number of aromatic nitrogens is 1. The van der Waals surface area contributed by atoms with Gasteiger partial charge in [0.2, 0.25) is 6.79 Å². The number of likely N-dealkylation sites (N-methyl/N-ethyl adjacent to an activating group) is 1. The number of nitrogens with zero attached hydrogens (tertiary/aromatic N) is 3. The van der Waals surface area contributed by atoms with Gasteiger partial charge >= 0.3 is 5.97 Å². The molecule has 3 aliphatic heterocycles. The molecule has 1 aromatic heterocycles. The van der Waals surface area contributed by atoms with Crippen LogP contribution in [-0.4, -0.2) is 36.9 Å². The fourth-order valence-corrected chi connectivity index (χ4v) is 6.65. The Balaban J connectivity index is 1.67. The maximum absolute atomic E-state index is 14.2. The number of hydrogen-bond donors (Lipinski definition) is 0. The number of fused-ring (bicyclic) bond motifs is 3. The Kier molecular flexibility index (Phi) is 6.43. The van der Waals surface area contributed by atoms with Crippen LogP contribution >= 0.6 is 27.3 Å². The molecule has 1 atom stereocenters. The number of carbonyl (C=O) groups is 2. The number of rotatable bonds is 5. The largest absolute Gasteiger partial charge is 0.463 e. The Bertz CT molecular complexity index is 1770. The first-order valence-corrected chi connectivity index (χ1v) is 14.2. The Labute approximate surface area is 235 Å². The molecular formula is C28H24BrN3O6S. The van der Waals surface area contributed by atoms with Gasteiger partial charge in [0.05, 0.1) is 35.2 Å². The Morgan fingerprint density at radius 3 is 2.72 bits per heavy atom. The molecule has 3 aromatic rings. The van der Waals surface area contributed by atoms with Crippen molar-refractivity contribution >= 4 is 50.4 Å². The SMILES string of the molecule is CCCC1=C(C(=O)OCC)[C@H](c2ccc3c(c2)OCO3)n2c(s/c(=C3\C(=O)N(C)c4ccc(Br)cc43)c2=O)=N1. The minimum Gasteiger partial charge on any atom is -0.463 e. The third-order valence-corrected chi connectivity index (χ3v) is 8.46. The van der Waals surface area contributed by atoms with E-state index in [2.05, 4.69) is 15.9 Å². The minimum atomic E-state index is -0.818. The molecule has 1 amide bonds. The van der Waals surface area contributed by atoms with Crippen LogP contribution in [0.1, 0.15) is 43.9 Å². The summed E-state index contributed by atoms with van der Waals surface area (Å²) in [4.78, 5) is 47.8. The molecule has 4 heterocycles. The number of esters is 1. The van der Waals surface area contributed by atoms with E-state index >= 15 is 0 Å². The molecule has 11 heteroatoms. The number of benzene rings is 2. The smallest absolute Gasteiger partial charge is 0.338 e. The maximum Gasteiger partial charge on any atom is 0.338 e. The second kappa shape index (κ2) is 9.80. The summed E-state index contributed by atoms with van der Waals surface area (Å²) in [5, 5.41) is 0. The third-order valence-electron chi connectivity index (χ3n) is 6.91. The molecule has 39 heavy (non-hydrogen) atoms. The number of anilines is 1. The summed E-state index contributed by atoms with van der Waals surface area (Å²) < 4.78 is 19.1. The molecule has 3 aliphatic rings. The average Bonchev–Trinajstić information content (AvgIpc) is 3.58. The van der Waals surface area contributed by atoms with Gasteiger partial charge in [-0.05, 0) is 49.2 Å². The highest BCUT2D eigenvalue weighted by molar-refractivity contribution is 9.10. The minimum absolute atomic E-state index is 0.0944. The van der Waals surface area contributed by atoms with E-state index in [1.54, 1.807) is 26.1 Å². The summed E-state index contributed by atoms with van der Waals surface area (Å²) in [6.07, 6.45) is 1.25. The zero-order chi connectivity index (χ0) is 27.4. The van der Waals surface area contributed by atoms with E-state index in [1.165, 1.54) is 9.47 Å². The molecule has 6 rings (SSSR count). The van der Waals surface area contributed by atoms with Crippen LogP contribution in [0.5, 0.6) is 11.5 Å². The van der Waals surface area contributed by atoms with Crippen LogP contribution in [0.4, 0.5) is 5.69 Å². The number of carbonyl (C=O) groups excluding carboxylic acids is 2. The van der Waals surface area contributed by atoms with Crippen LogP contribution < -0.4 is 29.3 Å². The van der Waals surface area contributed by atoms with Crippen molar-refractivity contribution in [1.29, 1.82) is 0 Å². The van der Waals surface area contributed by atoms with E-state index in [0.29, 0.717) is 50.7 Å². The van der Waals surface area contributed by atoms with Crippen LogP contribution in [0.25, 0.3) is 5.57 Å². The molecule has 0 radical (unpaired) electrons.